The molecule has 0 radical (unpaired) electrons. The zero-order chi connectivity index (χ0) is 11.4. The number of halogens is 1. The lowest BCUT2D eigenvalue weighted by Gasteiger charge is -2.07. The van der Waals surface area contributed by atoms with E-state index in [1.165, 1.54) is 0 Å². The number of aryl methyl sites for hydroxylation is 1. The van der Waals surface area contributed by atoms with E-state index < -0.39 is 0 Å². The average Bonchev–Trinajstić information content (AvgIpc) is 2.18. The van der Waals surface area contributed by atoms with Crippen LogP contribution in [0.15, 0.2) is 18.2 Å². The second kappa shape index (κ2) is 5.29. The number of carbonyl (C=O) groups excluding carboxylic acids is 1. The van der Waals surface area contributed by atoms with Crippen LogP contribution in [0.2, 0.25) is 5.02 Å². The van der Waals surface area contributed by atoms with Crippen molar-refractivity contribution in [2.75, 3.05) is 6.54 Å². The van der Waals surface area contributed by atoms with Gasteiger partial charge in [-0.25, -0.2) is 0 Å². The highest BCUT2D eigenvalue weighted by atomic mass is 35.5. The van der Waals surface area contributed by atoms with Crippen molar-refractivity contribution in [2.24, 2.45) is 0 Å². The zero-order valence-electron chi connectivity index (χ0n) is 9.30. The number of rotatable bonds is 4. The summed E-state index contributed by atoms with van der Waals surface area (Å²) in [5.41, 5.74) is 1.65. The molecule has 0 bridgehead atoms. The van der Waals surface area contributed by atoms with Crippen molar-refractivity contribution in [1.82, 2.24) is 5.32 Å². The third-order valence-electron chi connectivity index (χ3n) is 2.15. The summed E-state index contributed by atoms with van der Waals surface area (Å²) in [5.74, 6) is 0.100. The lowest BCUT2D eigenvalue weighted by Crippen LogP contribution is -2.29. The van der Waals surface area contributed by atoms with Crippen LogP contribution in [0.5, 0.6) is 0 Å². The fraction of sp³-hybridized carbons (Fsp3) is 0.417. The number of hydrogen-bond donors (Lipinski definition) is 1. The van der Waals surface area contributed by atoms with E-state index in [0.717, 1.165) is 5.56 Å². The van der Waals surface area contributed by atoms with E-state index in [4.69, 9.17) is 11.6 Å². The molecule has 0 unspecified atom stereocenters. The van der Waals surface area contributed by atoms with Crippen LogP contribution in [0.3, 0.4) is 0 Å². The SMILES string of the molecule is Cc1cc(C(=O)CNC(C)C)ccc1Cl. The lowest BCUT2D eigenvalue weighted by molar-refractivity contribution is 0.0988. The minimum Gasteiger partial charge on any atom is -0.307 e. The van der Waals surface area contributed by atoms with Gasteiger partial charge in [0.05, 0.1) is 6.54 Å². The molecule has 82 valence electrons. The predicted molar refractivity (Wildman–Crippen MR) is 63.7 cm³/mol. The third kappa shape index (κ3) is 3.65. The first-order valence-electron chi connectivity index (χ1n) is 5.03. The molecule has 0 saturated carbocycles. The summed E-state index contributed by atoms with van der Waals surface area (Å²) in [7, 11) is 0. The molecule has 15 heavy (non-hydrogen) atoms. The molecule has 0 saturated heterocycles. The van der Waals surface area contributed by atoms with Gasteiger partial charge < -0.3 is 5.32 Å². The highest BCUT2D eigenvalue weighted by Crippen LogP contribution is 2.16. The maximum Gasteiger partial charge on any atom is 0.176 e. The van der Waals surface area contributed by atoms with Crippen molar-refractivity contribution >= 4 is 17.4 Å². The van der Waals surface area contributed by atoms with E-state index in [1.807, 2.05) is 26.8 Å². The van der Waals surface area contributed by atoms with Crippen LogP contribution >= 0.6 is 11.6 Å². The number of ketones is 1. The first kappa shape index (κ1) is 12.2. The van der Waals surface area contributed by atoms with Crippen molar-refractivity contribution in [1.29, 1.82) is 0 Å². The van der Waals surface area contributed by atoms with E-state index in [9.17, 15) is 4.79 Å². The molecule has 0 aliphatic rings. The van der Waals surface area contributed by atoms with Gasteiger partial charge in [0, 0.05) is 16.6 Å². The summed E-state index contributed by atoms with van der Waals surface area (Å²) in [6.07, 6.45) is 0. The Kier molecular flexibility index (Phi) is 4.30. The fourth-order valence-corrected chi connectivity index (χ4v) is 1.33. The highest BCUT2D eigenvalue weighted by molar-refractivity contribution is 6.31. The van der Waals surface area contributed by atoms with Crippen LogP contribution in [0.1, 0.15) is 29.8 Å². The second-order valence-electron chi connectivity index (χ2n) is 3.92. The molecule has 0 spiro atoms. The molecule has 0 atom stereocenters. The normalized spacial score (nSPS) is 10.7. The fourth-order valence-electron chi connectivity index (χ4n) is 1.22. The number of Topliss-reactive ketones (excluding diaryl/α,β-unsaturated/α-hetero) is 1. The molecule has 1 aromatic carbocycles. The van der Waals surface area contributed by atoms with Gasteiger partial charge in [0.15, 0.2) is 5.78 Å². The third-order valence-corrected chi connectivity index (χ3v) is 2.57. The van der Waals surface area contributed by atoms with E-state index in [1.54, 1.807) is 12.1 Å². The van der Waals surface area contributed by atoms with Gasteiger partial charge in [0.2, 0.25) is 0 Å². The van der Waals surface area contributed by atoms with Crippen molar-refractivity contribution in [2.45, 2.75) is 26.8 Å². The van der Waals surface area contributed by atoms with E-state index in [0.29, 0.717) is 23.2 Å². The van der Waals surface area contributed by atoms with Crippen molar-refractivity contribution < 1.29 is 4.79 Å². The predicted octanol–water partition coefficient (Wildman–Crippen LogP) is 2.83. The Morgan fingerprint density at radius 1 is 1.47 bits per heavy atom. The zero-order valence-corrected chi connectivity index (χ0v) is 10.1. The highest BCUT2D eigenvalue weighted by Gasteiger charge is 2.07. The Morgan fingerprint density at radius 3 is 2.67 bits per heavy atom. The Morgan fingerprint density at radius 2 is 2.13 bits per heavy atom. The monoisotopic (exact) mass is 225 g/mol. The topological polar surface area (TPSA) is 29.1 Å². The maximum atomic E-state index is 11.7. The molecular formula is C12H16ClNO. The first-order chi connectivity index (χ1) is 7.00. The summed E-state index contributed by atoms with van der Waals surface area (Å²) < 4.78 is 0. The minimum absolute atomic E-state index is 0.100. The van der Waals surface area contributed by atoms with Gasteiger partial charge in [-0.3, -0.25) is 4.79 Å². The summed E-state index contributed by atoms with van der Waals surface area (Å²) in [6.45, 7) is 6.30. The van der Waals surface area contributed by atoms with Gasteiger partial charge >= 0.3 is 0 Å². The number of carbonyl (C=O) groups is 1. The van der Waals surface area contributed by atoms with Gasteiger partial charge in [-0.1, -0.05) is 25.4 Å². The molecular weight excluding hydrogens is 210 g/mol. The molecule has 1 N–H and O–H groups in total. The quantitative estimate of drug-likeness (QED) is 0.799. The minimum atomic E-state index is 0.100. The van der Waals surface area contributed by atoms with E-state index >= 15 is 0 Å². The summed E-state index contributed by atoms with van der Waals surface area (Å²) in [4.78, 5) is 11.7. The molecule has 1 aromatic rings. The number of nitrogens with one attached hydrogen (secondary N) is 1. The van der Waals surface area contributed by atoms with Crippen molar-refractivity contribution in [3.63, 3.8) is 0 Å². The van der Waals surface area contributed by atoms with Crippen LogP contribution in [0.25, 0.3) is 0 Å². The Labute approximate surface area is 95.6 Å². The van der Waals surface area contributed by atoms with Gasteiger partial charge in [-0.15, -0.1) is 0 Å². The molecule has 2 nitrogen and oxygen atoms in total. The second-order valence-corrected chi connectivity index (χ2v) is 4.33. The molecule has 0 aromatic heterocycles. The maximum absolute atomic E-state index is 11.7. The number of hydrogen-bond acceptors (Lipinski definition) is 2. The Bertz CT molecular complexity index is 361. The molecule has 0 aliphatic heterocycles. The summed E-state index contributed by atoms with van der Waals surface area (Å²) in [6, 6.07) is 5.67. The van der Waals surface area contributed by atoms with Gasteiger partial charge in [0.25, 0.3) is 0 Å². The summed E-state index contributed by atoms with van der Waals surface area (Å²) in [5, 5.41) is 3.79. The van der Waals surface area contributed by atoms with E-state index in [2.05, 4.69) is 5.32 Å². The van der Waals surface area contributed by atoms with Crippen LogP contribution in [0, 0.1) is 6.92 Å². The molecule has 0 aliphatic carbocycles. The lowest BCUT2D eigenvalue weighted by atomic mass is 10.1. The Balaban J connectivity index is 2.70. The standard InChI is InChI=1S/C12H16ClNO/c1-8(2)14-7-12(15)10-4-5-11(13)9(3)6-10/h4-6,8,14H,7H2,1-3H3. The smallest absolute Gasteiger partial charge is 0.176 e. The van der Waals surface area contributed by atoms with Crippen LogP contribution in [-0.4, -0.2) is 18.4 Å². The molecule has 0 heterocycles. The van der Waals surface area contributed by atoms with Crippen molar-refractivity contribution in [3.8, 4) is 0 Å². The average molecular weight is 226 g/mol. The van der Waals surface area contributed by atoms with Crippen LogP contribution < -0.4 is 5.32 Å². The Hall–Kier alpha value is -0.860. The summed E-state index contributed by atoms with van der Waals surface area (Å²) >= 11 is 5.89. The molecule has 0 amide bonds. The van der Waals surface area contributed by atoms with E-state index in [-0.39, 0.29) is 5.78 Å². The first-order valence-corrected chi connectivity index (χ1v) is 5.41. The van der Waals surface area contributed by atoms with Gasteiger partial charge in [-0.2, -0.15) is 0 Å². The van der Waals surface area contributed by atoms with Gasteiger partial charge in [-0.05, 0) is 30.7 Å². The van der Waals surface area contributed by atoms with Crippen molar-refractivity contribution in [3.05, 3.63) is 34.3 Å². The molecule has 0 fully saturated rings. The van der Waals surface area contributed by atoms with Crippen LogP contribution in [0.4, 0.5) is 0 Å². The molecule has 1 rings (SSSR count). The largest absolute Gasteiger partial charge is 0.307 e. The number of benzene rings is 1. The van der Waals surface area contributed by atoms with Gasteiger partial charge in [0.1, 0.15) is 0 Å². The van der Waals surface area contributed by atoms with Crippen LogP contribution in [-0.2, 0) is 0 Å². The molecule has 3 heteroatoms.